The van der Waals surface area contributed by atoms with Crippen LogP contribution in [0.4, 0.5) is 0 Å². The van der Waals surface area contributed by atoms with Crippen molar-refractivity contribution in [1.29, 1.82) is 0 Å². The molecule has 0 radical (unpaired) electrons. The van der Waals surface area contributed by atoms with E-state index < -0.39 is 0 Å². The lowest BCUT2D eigenvalue weighted by molar-refractivity contribution is 0.461. The van der Waals surface area contributed by atoms with Crippen LogP contribution in [0.25, 0.3) is 0 Å². The van der Waals surface area contributed by atoms with Crippen LogP contribution >= 0.6 is 11.3 Å². The number of rotatable bonds is 5. The number of hydrogen-bond acceptors (Lipinski definition) is 4. The fourth-order valence-corrected chi connectivity index (χ4v) is 3.05. The van der Waals surface area contributed by atoms with E-state index in [1.807, 2.05) is 11.7 Å². The van der Waals surface area contributed by atoms with Crippen LogP contribution in [0.3, 0.4) is 0 Å². The molecule has 0 spiro atoms. The van der Waals surface area contributed by atoms with Crippen LogP contribution < -0.4 is 5.32 Å². The first-order valence-electron chi connectivity index (χ1n) is 6.54. The van der Waals surface area contributed by atoms with Crippen molar-refractivity contribution in [3.63, 3.8) is 0 Å². The quantitative estimate of drug-likeness (QED) is 0.901. The van der Waals surface area contributed by atoms with E-state index in [4.69, 9.17) is 0 Å². The van der Waals surface area contributed by atoms with E-state index in [1.54, 1.807) is 11.3 Å². The summed E-state index contributed by atoms with van der Waals surface area (Å²) in [6.07, 6.45) is 9.31. The summed E-state index contributed by atoms with van der Waals surface area (Å²) in [7, 11) is 0. The highest BCUT2D eigenvalue weighted by Gasteiger charge is 2.17. The van der Waals surface area contributed by atoms with Gasteiger partial charge in [-0.05, 0) is 18.9 Å². The van der Waals surface area contributed by atoms with Gasteiger partial charge in [0.05, 0.1) is 17.2 Å². The molecule has 0 saturated heterocycles. The van der Waals surface area contributed by atoms with Crippen molar-refractivity contribution in [2.45, 2.75) is 44.8 Å². The second kappa shape index (κ2) is 5.63. The molecule has 0 amide bonds. The monoisotopic (exact) mass is 262 g/mol. The van der Waals surface area contributed by atoms with Gasteiger partial charge in [-0.2, -0.15) is 5.10 Å². The molecule has 2 aromatic heterocycles. The van der Waals surface area contributed by atoms with Crippen molar-refractivity contribution in [2.24, 2.45) is 0 Å². The number of hydrogen-bond donors (Lipinski definition) is 1. The maximum atomic E-state index is 4.65. The Labute approximate surface area is 111 Å². The van der Waals surface area contributed by atoms with Gasteiger partial charge >= 0.3 is 0 Å². The molecule has 1 aliphatic carbocycles. The Morgan fingerprint density at radius 2 is 2.22 bits per heavy atom. The highest BCUT2D eigenvalue weighted by Crippen LogP contribution is 2.28. The number of aromatic nitrogens is 3. The Morgan fingerprint density at radius 1 is 1.33 bits per heavy atom. The maximum absolute atomic E-state index is 4.65. The van der Waals surface area contributed by atoms with Gasteiger partial charge in [-0.15, -0.1) is 11.3 Å². The van der Waals surface area contributed by atoms with Crippen LogP contribution in [0, 0.1) is 0 Å². The van der Waals surface area contributed by atoms with Crippen molar-refractivity contribution in [3.8, 4) is 0 Å². The molecule has 1 fully saturated rings. The minimum Gasteiger partial charge on any atom is -0.306 e. The molecule has 0 aliphatic heterocycles. The standard InChI is InChI=1S/C13H18N4S/c1-2-4-12(3-1)17-6-5-11(16-17)7-14-8-13-9-15-10-18-13/h5-6,9-10,12,14H,1-4,7-8H2. The molecular weight excluding hydrogens is 244 g/mol. The zero-order valence-corrected chi connectivity index (χ0v) is 11.2. The Balaban J connectivity index is 1.50. The van der Waals surface area contributed by atoms with E-state index in [2.05, 4.69) is 32.3 Å². The third-order valence-corrected chi connectivity index (χ3v) is 4.23. The molecule has 0 aromatic carbocycles. The van der Waals surface area contributed by atoms with Crippen LogP contribution in [0.5, 0.6) is 0 Å². The molecule has 0 atom stereocenters. The minimum atomic E-state index is 0.639. The number of nitrogens with one attached hydrogen (secondary N) is 1. The summed E-state index contributed by atoms with van der Waals surface area (Å²) in [6.45, 7) is 1.71. The van der Waals surface area contributed by atoms with Gasteiger partial charge in [0.2, 0.25) is 0 Å². The van der Waals surface area contributed by atoms with Crippen LogP contribution in [-0.4, -0.2) is 14.8 Å². The summed E-state index contributed by atoms with van der Waals surface area (Å²) in [6, 6.07) is 2.76. The van der Waals surface area contributed by atoms with E-state index in [1.165, 1.54) is 30.6 Å². The fraction of sp³-hybridized carbons (Fsp3) is 0.538. The van der Waals surface area contributed by atoms with Gasteiger partial charge in [-0.1, -0.05) is 12.8 Å². The molecule has 1 N–H and O–H groups in total. The van der Waals surface area contributed by atoms with Crippen molar-refractivity contribution in [3.05, 3.63) is 34.5 Å². The van der Waals surface area contributed by atoms with Crippen molar-refractivity contribution in [1.82, 2.24) is 20.1 Å². The molecule has 1 saturated carbocycles. The summed E-state index contributed by atoms with van der Waals surface area (Å²) in [5.41, 5.74) is 3.00. The number of nitrogens with zero attached hydrogens (tertiary/aromatic N) is 3. The normalized spacial score (nSPS) is 16.4. The summed E-state index contributed by atoms with van der Waals surface area (Å²) >= 11 is 1.68. The van der Waals surface area contributed by atoms with E-state index in [9.17, 15) is 0 Å². The average Bonchev–Trinajstić information content (AvgIpc) is 3.12. The van der Waals surface area contributed by atoms with Gasteiger partial charge in [0.1, 0.15) is 0 Å². The first-order valence-corrected chi connectivity index (χ1v) is 7.42. The van der Waals surface area contributed by atoms with Crippen molar-refractivity contribution < 1.29 is 0 Å². The summed E-state index contributed by atoms with van der Waals surface area (Å²) < 4.78 is 2.15. The van der Waals surface area contributed by atoms with Gasteiger partial charge in [0, 0.05) is 30.4 Å². The van der Waals surface area contributed by atoms with E-state index in [0.717, 1.165) is 18.8 Å². The second-order valence-corrected chi connectivity index (χ2v) is 5.77. The molecule has 1 aliphatic rings. The molecule has 96 valence electrons. The summed E-state index contributed by atoms with van der Waals surface area (Å²) in [4.78, 5) is 5.33. The lowest BCUT2D eigenvalue weighted by atomic mass is 10.3. The second-order valence-electron chi connectivity index (χ2n) is 4.80. The largest absolute Gasteiger partial charge is 0.306 e. The molecular formula is C13H18N4S. The van der Waals surface area contributed by atoms with Gasteiger partial charge in [-0.25, -0.2) is 0 Å². The van der Waals surface area contributed by atoms with Crippen LogP contribution in [-0.2, 0) is 13.1 Å². The molecule has 18 heavy (non-hydrogen) atoms. The Bertz CT molecular complexity index is 471. The Kier molecular flexibility index (Phi) is 3.71. The summed E-state index contributed by atoms with van der Waals surface area (Å²) in [5.74, 6) is 0. The first kappa shape index (κ1) is 11.9. The van der Waals surface area contributed by atoms with Gasteiger partial charge in [0.15, 0.2) is 0 Å². The molecule has 2 aromatic rings. The molecule has 0 bridgehead atoms. The highest BCUT2D eigenvalue weighted by molar-refractivity contribution is 7.09. The smallest absolute Gasteiger partial charge is 0.0794 e. The van der Waals surface area contributed by atoms with E-state index in [-0.39, 0.29) is 0 Å². The zero-order chi connectivity index (χ0) is 12.2. The Hall–Kier alpha value is -1.20. The molecule has 3 rings (SSSR count). The first-order chi connectivity index (χ1) is 8.92. The maximum Gasteiger partial charge on any atom is 0.0794 e. The SMILES string of the molecule is c1ncc(CNCc2ccn(C3CCCC3)n2)s1. The van der Waals surface area contributed by atoms with Gasteiger partial charge in [0.25, 0.3) is 0 Å². The van der Waals surface area contributed by atoms with Gasteiger partial charge < -0.3 is 5.32 Å². The molecule has 2 heterocycles. The molecule has 5 heteroatoms. The van der Waals surface area contributed by atoms with Crippen molar-refractivity contribution in [2.75, 3.05) is 0 Å². The third-order valence-electron chi connectivity index (χ3n) is 3.45. The van der Waals surface area contributed by atoms with Crippen molar-refractivity contribution >= 4 is 11.3 Å². The minimum absolute atomic E-state index is 0.639. The highest BCUT2D eigenvalue weighted by atomic mass is 32.1. The Morgan fingerprint density at radius 3 is 3.00 bits per heavy atom. The number of thiazole rings is 1. The van der Waals surface area contributed by atoms with Crippen LogP contribution in [0.15, 0.2) is 24.0 Å². The van der Waals surface area contributed by atoms with E-state index in [0.29, 0.717) is 6.04 Å². The zero-order valence-electron chi connectivity index (χ0n) is 10.4. The fourth-order valence-electron chi connectivity index (χ4n) is 2.49. The predicted molar refractivity (Wildman–Crippen MR) is 72.4 cm³/mol. The van der Waals surface area contributed by atoms with E-state index >= 15 is 0 Å². The summed E-state index contributed by atoms with van der Waals surface area (Å²) in [5, 5.41) is 8.06. The predicted octanol–water partition coefficient (Wildman–Crippen LogP) is 2.74. The lowest BCUT2D eigenvalue weighted by Crippen LogP contribution is -2.13. The topological polar surface area (TPSA) is 42.7 Å². The molecule has 0 unspecified atom stereocenters. The van der Waals surface area contributed by atoms with Gasteiger partial charge in [-0.3, -0.25) is 9.67 Å². The average molecular weight is 262 g/mol. The van der Waals surface area contributed by atoms with Crippen LogP contribution in [0.2, 0.25) is 0 Å². The molecule has 4 nitrogen and oxygen atoms in total. The third kappa shape index (κ3) is 2.79. The lowest BCUT2D eigenvalue weighted by Gasteiger charge is -2.08. The van der Waals surface area contributed by atoms with Crippen LogP contribution in [0.1, 0.15) is 42.3 Å².